The average molecular weight is 355 g/mol. The fourth-order valence-electron chi connectivity index (χ4n) is 2.27. The van der Waals surface area contributed by atoms with Crippen molar-refractivity contribution in [2.24, 2.45) is 5.90 Å². The van der Waals surface area contributed by atoms with Gasteiger partial charge >= 0.3 is 0 Å². The van der Waals surface area contributed by atoms with E-state index >= 15 is 0 Å². The summed E-state index contributed by atoms with van der Waals surface area (Å²) in [6.07, 6.45) is 3.12. The number of hydrogen-bond donors (Lipinski definition) is 1. The molecule has 0 aliphatic heterocycles. The van der Waals surface area contributed by atoms with E-state index in [0.29, 0.717) is 30.3 Å². The molecular weight excluding hydrogens is 342 g/mol. The Morgan fingerprint density at radius 2 is 2.04 bits per heavy atom. The van der Waals surface area contributed by atoms with Crippen LogP contribution in [0.4, 0.5) is 5.69 Å². The standard InChI is InChI=1S/C16H13N5O3S/c1-18-16-8-12(9-21-11-19-10-20-21)2-7-15(16)13-3-5-14(6-4-13)22-25-24-23-17/h2-8,10-11H,9,17H2. The maximum absolute atomic E-state index is 7.45. The molecule has 0 aliphatic rings. The van der Waals surface area contributed by atoms with Crippen LogP contribution >= 0.6 is 12.3 Å². The Labute approximate surface area is 148 Å². The maximum Gasteiger partial charge on any atom is 0.260 e. The van der Waals surface area contributed by atoms with Crippen molar-refractivity contribution in [2.45, 2.75) is 6.54 Å². The van der Waals surface area contributed by atoms with E-state index in [1.165, 1.54) is 6.33 Å². The Morgan fingerprint density at radius 1 is 1.20 bits per heavy atom. The van der Waals surface area contributed by atoms with E-state index in [1.807, 2.05) is 30.3 Å². The first-order valence-electron chi connectivity index (χ1n) is 7.10. The second kappa shape index (κ2) is 8.27. The van der Waals surface area contributed by atoms with Crippen molar-refractivity contribution >= 4 is 18.0 Å². The molecular formula is C16H13N5O3S. The van der Waals surface area contributed by atoms with Gasteiger partial charge in [0.05, 0.1) is 13.1 Å². The first kappa shape index (κ1) is 16.9. The minimum atomic E-state index is 0.565. The summed E-state index contributed by atoms with van der Waals surface area (Å²) in [6, 6.07) is 13.0. The lowest BCUT2D eigenvalue weighted by Gasteiger charge is -2.09. The van der Waals surface area contributed by atoms with Gasteiger partial charge in [-0.3, -0.25) is 0 Å². The zero-order valence-corrected chi connectivity index (χ0v) is 13.7. The summed E-state index contributed by atoms with van der Waals surface area (Å²) in [5.41, 5.74) is 3.31. The molecule has 0 radical (unpaired) electrons. The average Bonchev–Trinajstić information content (AvgIpc) is 3.15. The second-order valence-electron chi connectivity index (χ2n) is 4.90. The summed E-state index contributed by atoms with van der Waals surface area (Å²) >= 11 is 0.610. The molecule has 2 aromatic carbocycles. The van der Waals surface area contributed by atoms with Crippen LogP contribution in [-0.2, 0) is 15.9 Å². The molecule has 0 saturated heterocycles. The molecule has 0 bridgehead atoms. The van der Waals surface area contributed by atoms with Gasteiger partial charge in [-0.2, -0.15) is 11.0 Å². The minimum absolute atomic E-state index is 0.565. The normalized spacial score (nSPS) is 10.4. The van der Waals surface area contributed by atoms with Gasteiger partial charge in [0.1, 0.15) is 18.4 Å². The van der Waals surface area contributed by atoms with Gasteiger partial charge in [0, 0.05) is 0 Å². The van der Waals surface area contributed by atoms with Crippen LogP contribution in [0.3, 0.4) is 0 Å². The maximum atomic E-state index is 7.45. The molecule has 9 heteroatoms. The predicted molar refractivity (Wildman–Crippen MR) is 91.8 cm³/mol. The van der Waals surface area contributed by atoms with Crippen LogP contribution in [0, 0.1) is 6.57 Å². The molecule has 8 nitrogen and oxygen atoms in total. The Hall–Kier alpha value is -2.90. The van der Waals surface area contributed by atoms with Crippen LogP contribution in [0.2, 0.25) is 0 Å². The summed E-state index contributed by atoms with van der Waals surface area (Å²) < 4.78 is 11.3. The number of nitrogens with zero attached hydrogens (tertiary/aromatic N) is 4. The zero-order chi connectivity index (χ0) is 17.5. The Morgan fingerprint density at radius 3 is 2.72 bits per heavy atom. The van der Waals surface area contributed by atoms with Crippen LogP contribution in [0.25, 0.3) is 16.0 Å². The van der Waals surface area contributed by atoms with Crippen LogP contribution < -0.4 is 10.1 Å². The summed E-state index contributed by atoms with van der Waals surface area (Å²) in [5, 5.41) is 4.07. The van der Waals surface area contributed by atoms with Crippen LogP contribution in [0.1, 0.15) is 5.56 Å². The predicted octanol–water partition coefficient (Wildman–Crippen LogP) is 3.31. The third kappa shape index (κ3) is 4.34. The van der Waals surface area contributed by atoms with E-state index in [0.717, 1.165) is 16.7 Å². The molecule has 3 rings (SSSR count). The van der Waals surface area contributed by atoms with E-state index in [9.17, 15) is 0 Å². The lowest BCUT2D eigenvalue weighted by Crippen LogP contribution is -1.99. The number of nitrogens with two attached hydrogens (primary N) is 1. The van der Waals surface area contributed by atoms with Gasteiger partial charge in [-0.1, -0.05) is 30.3 Å². The molecule has 0 fully saturated rings. The number of benzene rings is 2. The van der Waals surface area contributed by atoms with E-state index < -0.39 is 0 Å². The van der Waals surface area contributed by atoms with Crippen molar-refractivity contribution in [1.82, 2.24) is 14.8 Å². The van der Waals surface area contributed by atoms with Gasteiger partial charge < -0.3 is 4.18 Å². The SMILES string of the molecule is [C-]#[N+]c1cc(Cn2cncn2)ccc1-c1ccc(OSOON)cc1. The van der Waals surface area contributed by atoms with Crippen LogP contribution in [0.15, 0.2) is 55.1 Å². The first-order chi connectivity index (χ1) is 12.3. The summed E-state index contributed by atoms with van der Waals surface area (Å²) in [7, 11) is 0. The highest BCUT2D eigenvalue weighted by Gasteiger charge is 2.08. The number of aromatic nitrogens is 3. The van der Waals surface area contributed by atoms with Crippen molar-refractivity contribution in [3.8, 4) is 16.9 Å². The van der Waals surface area contributed by atoms with E-state index in [4.69, 9.17) is 16.7 Å². The molecule has 0 aliphatic carbocycles. The Bertz CT molecular complexity index is 862. The van der Waals surface area contributed by atoms with Gasteiger partial charge in [0.2, 0.25) is 0 Å². The molecule has 0 spiro atoms. The monoisotopic (exact) mass is 355 g/mol. The van der Waals surface area contributed by atoms with E-state index in [-0.39, 0.29) is 0 Å². The molecule has 0 atom stereocenters. The lowest BCUT2D eigenvalue weighted by molar-refractivity contribution is -0.199. The summed E-state index contributed by atoms with van der Waals surface area (Å²) in [4.78, 5) is 11.5. The third-order valence-corrected chi connectivity index (χ3v) is 3.75. The quantitative estimate of drug-likeness (QED) is 0.229. The van der Waals surface area contributed by atoms with Crippen molar-refractivity contribution in [3.63, 3.8) is 0 Å². The molecule has 2 N–H and O–H groups in total. The molecule has 0 saturated carbocycles. The van der Waals surface area contributed by atoms with Gasteiger partial charge in [0.15, 0.2) is 5.69 Å². The van der Waals surface area contributed by atoms with Crippen molar-refractivity contribution < 1.29 is 13.5 Å². The highest BCUT2D eigenvalue weighted by Crippen LogP contribution is 2.33. The van der Waals surface area contributed by atoms with E-state index in [1.54, 1.807) is 23.1 Å². The molecule has 25 heavy (non-hydrogen) atoms. The van der Waals surface area contributed by atoms with E-state index in [2.05, 4.69) is 24.2 Å². The fourth-order valence-corrected chi connectivity index (χ4v) is 2.52. The highest BCUT2D eigenvalue weighted by molar-refractivity contribution is 7.90. The van der Waals surface area contributed by atoms with Crippen molar-refractivity contribution in [1.29, 1.82) is 0 Å². The van der Waals surface area contributed by atoms with Crippen molar-refractivity contribution in [2.75, 3.05) is 0 Å². The topological polar surface area (TPSA) is 88.8 Å². The van der Waals surface area contributed by atoms with Gasteiger partial charge in [-0.15, -0.1) is 9.32 Å². The van der Waals surface area contributed by atoms with Gasteiger partial charge in [-0.25, -0.2) is 14.5 Å². The lowest BCUT2D eigenvalue weighted by atomic mass is 10.0. The molecule has 1 aromatic heterocycles. The second-order valence-corrected chi connectivity index (χ2v) is 5.34. The van der Waals surface area contributed by atoms with Gasteiger partial charge in [-0.05, 0) is 28.8 Å². The Kier molecular flexibility index (Phi) is 5.61. The molecule has 0 amide bonds. The zero-order valence-electron chi connectivity index (χ0n) is 12.9. The summed E-state index contributed by atoms with van der Waals surface area (Å²) in [6.45, 7) is 8.02. The third-order valence-electron chi connectivity index (χ3n) is 3.36. The summed E-state index contributed by atoms with van der Waals surface area (Å²) in [5.74, 6) is 5.29. The fraction of sp³-hybridized carbons (Fsp3) is 0.0625. The molecule has 1 heterocycles. The highest BCUT2D eigenvalue weighted by atomic mass is 32.2. The first-order valence-corrected chi connectivity index (χ1v) is 7.77. The van der Waals surface area contributed by atoms with Gasteiger partial charge in [0.25, 0.3) is 12.3 Å². The largest absolute Gasteiger partial charge is 0.399 e. The smallest absolute Gasteiger partial charge is 0.260 e. The molecule has 126 valence electrons. The molecule has 3 aromatic rings. The number of hydrogen-bond acceptors (Lipinski definition) is 7. The number of rotatable bonds is 7. The van der Waals surface area contributed by atoms with Crippen LogP contribution in [-0.4, -0.2) is 14.8 Å². The van der Waals surface area contributed by atoms with Crippen molar-refractivity contribution in [3.05, 3.63) is 72.1 Å². The Balaban J connectivity index is 1.78. The molecule has 0 unspecified atom stereocenters. The minimum Gasteiger partial charge on any atom is -0.399 e. The van der Waals surface area contributed by atoms with Crippen LogP contribution in [0.5, 0.6) is 5.75 Å².